The van der Waals surface area contributed by atoms with E-state index in [0.29, 0.717) is 12.8 Å². The highest BCUT2D eigenvalue weighted by Gasteiger charge is 2.31. The molecule has 1 aromatic carbocycles. The molecule has 5 nitrogen and oxygen atoms in total. The maximum absolute atomic E-state index is 12.5. The average Bonchev–Trinajstić information content (AvgIpc) is 2.52. The molecule has 1 aromatic rings. The Morgan fingerprint density at radius 3 is 2.29 bits per heavy atom. The summed E-state index contributed by atoms with van der Waals surface area (Å²) in [7, 11) is 0. The van der Waals surface area contributed by atoms with Crippen LogP contribution < -0.4 is 5.32 Å². The number of carboxylic acid groups (broad SMARTS) is 1. The van der Waals surface area contributed by atoms with Crippen molar-refractivity contribution in [2.45, 2.75) is 37.6 Å². The lowest BCUT2D eigenvalue weighted by Gasteiger charge is -2.17. The third kappa shape index (κ3) is 5.69. The Labute approximate surface area is 136 Å². The number of aliphatic carboxylic acids is 1. The summed E-state index contributed by atoms with van der Waals surface area (Å²) in [5.41, 5.74) is -0.970. The summed E-state index contributed by atoms with van der Waals surface area (Å²) < 4.78 is 37.4. The maximum Gasteiger partial charge on any atom is 0.416 e. The van der Waals surface area contributed by atoms with Gasteiger partial charge in [-0.15, -0.1) is 6.58 Å². The second-order valence-corrected chi connectivity index (χ2v) is 5.14. The van der Waals surface area contributed by atoms with Crippen LogP contribution >= 0.6 is 0 Å². The van der Waals surface area contributed by atoms with Crippen molar-refractivity contribution in [1.29, 1.82) is 0 Å². The van der Waals surface area contributed by atoms with Gasteiger partial charge >= 0.3 is 12.1 Å². The quantitative estimate of drug-likeness (QED) is 0.499. The van der Waals surface area contributed by atoms with E-state index in [1.54, 1.807) is 6.08 Å². The first-order chi connectivity index (χ1) is 11.2. The summed E-state index contributed by atoms with van der Waals surface area (Å²) >= 11 is 0. The number of hydrogen-bond acceptors (Lipinski definition) is 3. The van der Waals surface area contributed by atoms with Gasteiger partial charge in [-0.1, -0.05) is 18.2 Å². The van der Waals surface area contributed by atoms with Gasteiger partial charge in [0.1, 0.15) is 6.04 Å². The lowest BCUT2D eigenvalue weighted by atomic mass is 10.0. The van der Waals surface area contributed by atoms with Crippen molar-refractivity contribution in [2.75, 3.05) is 0 Å². The molecular weight excluding hydrogens is 327 g/mol. The molecule has 0 radical (unpaired) electrons. The molecule has 3 N–H and O–H groups in total. The number of aliphatic hydroxyl groups is 1. The minimum atomic E-state index is -4.52. The topological polar surface area (TPSA) is 86.6 Å². The molecule has 132 valence electrons. The number of carbonyl (C=O) groups is 2. The van der Waals surface area contributed by atoms with Crippen LogP contribution in [0.2, 0.25) is 0 Å². The van der Waals surface area contributed by atoms with Crippen LogP contribution in [0.4, 0.5) is 13.2 Å². The minimum Gasteiger partial charge on any atom is -0.480 e. The van der Waals surface area contributed by atoms with E-state index in [2.05, 4.69) is 11.9 Å². The molecule has 0 aliphatic carbocycles. The second kappa shape index (κ2) is 8.49. The number of allylic oxidation sites excluding steroid dienone is 1. The fourth-order valence-electron chi connectivity index (χ4n) is 1.98. The Balaban J connectivity index is 2.75. The van der Waals surface area contributed by atoms with Crippen LogP contribution in [-0.2, 0) is 15.8 Å². The van der Waals surface area contributed by atoms with Crippen molar-refractivity contribution < 1.29 is 33.0 Å². The number of carboxylic acids is 1. The molecular formula is C16H18F3NO4. The predicted octanol–water partition coefficient (Wildman–Crippen LogP) is 2.66. The van der Waals surface area contributed by atoms with Crippen molar-refractivity contribution >= 4 is 11.9 Å². The zero-order chi connectivity index (χ0) is 18.3. The van der Waals surface area contributed by atoms with Crippen LogP contribution in [0.5, 0.6) is 0 Å². The zero-order valence-electron chi connectivity index (χ0n) is 12.7. The highest BCUT2D eigenvalue weighted by molar-refractivity contribution is 5.86. The highest BCUT2D eigenvalue weighted by atomic mass is 19.4. The van der Waals surface area contributed by atoms with Crippen LogP contribution in [0.3, 0.4) is 0 Å². The van der Waals surface area contributed by atoms with Crippen molar-refractivity contribution in [2.24, 2.45) is 0 Å². The summed E-state index contributed by atoms with van der Waals surface area (Å²) in [6.07, 6.45) is -3.47. The summed E-state index contributed by atoms with van der Waals surface area (Å²) in [5, 5.41) is 21.1. The average molecular weight is 345 g/mol. The van der Waals surface area contributed by atoms with E-state index < -0.39 is 35.8 Å². The zero-order valence-corrected chi connectivity index (χ0v) is 12.7. The first-order valence-electron chi connectivity index (χ1n) is 7.16. The van der Waals surface area contributed by atoms with E-state index in [1.807, 2.05) is 0 Å². The Kier molecular flexibility index (Phi) is 6.97. The fourth-order valence-corrected chi connectivity index (χ4v) is 1.98. The molecule has 0 bridgehead atoms. The largest absolute Gasteiger partial charge is 0.480 e. The molecule has 8 heteroatoms. The van der Waals surface area contributed by atoms with Crippen LogP contribution in [-0.4, -0.2) is 28.1 Å². The van der Waals surface area contributed by atoms with E-state index in [-0.39, 0.29) is 12.0 Å². The third-order valence-corrected chi connectivity index (χ3v) is 3.32. The van der Waals surface area contributed by atoms with Crippen LogP contribution in [0, 0.1) is 0 Å². The molecule has 0 unspecified atom stereocenters. The van der Waals surface area contributed by atoms with Gasteiger partial charge in [-0.2, -0.15) is 13.2 Å². The van der Waals surface area contributed by atoms with Crippen LogP contribution in [0.15, 0.2) is 36.9 Å². The molecule has 1 amide bonds. The van der Waals surface area contributed by atoms with Gasteiger partial charge in [-0.25, -0.2) is 4.79 Å². The number of alkyl halides is 3. The lowest BCUT2D eigenvalue weighted by molar-refractivity contribution is -0.143. The first-order valence-corrected chi connectivity index (χ1v) is 7.16. The Morgan fingerprint density at radius 1 is 1.25 bits per heavy atom. The highest BCUT2D eigenvalue weighted by Crippen LogP contribution is 2.29. The Morgan fingerprint density at radius 2 is 1.83 bits per heavy atom. The van der Waals surface area contributed by atoms with Crippen molar-refractivity contribution in [1.82, 2.24) is 5.32 Å². The van der Waals surface area contributed by atoms with Gasteiger partial charge < -0.3 is 15.5 Å². The fraction of sp³-hybridized carbons (Fsp3) is 0.375. The van der Waals surface area contributed by atoms with E-state index >= 15 is 0 Å². The van der Waals surface area contributed by atoms with Gasteiger partial charge in [0.15, 0.2) is 6.10 Å². The molecule has 24 heavy (non-hydrogen) atoms. The van der Waals surface area contributed by atoms with Gasteiger partial charge in [-0.05, 0) is 37.0 Å². The maximum atomic E-state index is 12.5. The molecule has 0 aliphatic rings. The number of halogens is 3. The summed E-state index contributed by atoms with van der Waals surface area (Å²) in [4.78, 5) is 23.0. The SMILES string of the molecule is C=CCCC[C@H](NC(=O)[C@@H](O)c1ccc(C(F)(F)F)cc1)C(=O)O. The van der Waals surface area contributed by atoms with Gasteiger partial charge in [-0.3, -0.25) is 4.79 Å². The lowest BCUT2D eigenvalue weighted by Crippen LogP contribution is -2.43. The number of aliphatic hydroxyl groups excluding tert-OH is 1. The van der Waals surface area contributed by atoms with Crippen molar-refractivity contribution in [3.05, 3.63) is 48.0 Å². The minimum absolute atomic E-state index is 0.0595. The standard InChI is InChI=1S/C16H18F3NO4/c1-2-3-4-5-12(15(23)24)20-14(22)13(21)10-6-8-11(9-7-10)16(17,18)19/h2,6-9,12-13,21H,1,3-5H2,(H,20,22)(H,23,24)/t12-,13-/m0/s1. The molecule has 0 saturated heterocycles. The molecule has 0 aromatic heterocycles. The molecule has 0 aliphatic heterocycles. The number of benzene rings is 1. The van der Waals surface area contributed by atoms with Crippen molar-refractivity contribution in [3.8, 4) is 0 Å². The Bertz CT molecular complexity index is 584. The van der Waals surface area contributed by atoms with Crippen LogP contribution in [0.1, 0.15) is 36.5 Å². The Hall–Kier alpha value is -2.35. The summed E-state index contributed by atoms with van der Waals surface area (Å²) in [6, 6.07) is 2.23. The molecule has 0 heterocycles. The number of hydrogen-bond donors (Lipinski definition) is 3. The van der Waals surface area contributed by atoms with Gasteiger partial charge in [0.05, 0.1) is 5.56 Å². The predicted molar refractivity (Wildman–Crippen MR) is 80.0 cm³/mol. The smallest absolute Gasteiger partial charge is 0.416 e. The number of amides is 1. The van der Waals surface area contributed by atoms with Crippen LogP contribution in [0.25, 0.3) is 0 Å². The van der Waals surface area contributed by atoms with Gasteiger partial charge in [0.25, 0.3) is 5.91 Å². The van der Waals surface area contributed by atoms with E-state index in [4.69, 9.17) is 5.11 Å². The molecule has 1 rings (SSSR count). The monoisotopic (exact) mass is 345 g/mol. The third-order valence-electron chi connectivity index (χ3n) is 3.32. The van der Waals surface area contributed by atoms with E-state index in [0.717, 1.165) is 24.3 Å². The van der Waals surface area contributed by atoms with Gasteiger partial charge in [0, 0.05) is 0 Å². The number of rotatable bonds is 8. The normalized spacial score (nSPS) is 13.8. The summed E-state index contributed by atoms with van der Waals surface area (Å²) in [5.74, 6) is -2.24. The van der Waals surface area contributed by atoms with Gasteiger partial charge in [0.2, 0.25) is 0 Å². The number of carbonyl (C=O) groups excluding carboxylic acids is 1. The molecule has 0 saturated carbocycles. The molecule has 0 spiro atoms. The molecule has 0 fully saturated rings. The molecule has 2 atom stereocenters. The van der Waals surface area contributed by atoms with Crippen molar-refractivity contribution in [3.63, 3.8) is 0 Å². The summed E-state index contributed by atoms with van der Waals surface area (Å²) in [6.45, 7) is 3.50. The first kappa shape index (κ1) is 19.7. The number of nitrogens with one attached hydrogen (secondary N) is 1. The second-order valence-electron chi connectivity index (χ2n) is 5.14. The number of unbranched alkanes of at least 4 members (excludes halogenated alkanes) is 1. The van der Waals surface area contributed by atoms with E-state index in [9.17, 15) is 27.9 Å². The van der Waals surface area contributed by atoms with E-state index in [1.165, 1.54) is 0 Å².